The van der Waals surface area contributed by atoms with Crippen LogP contribution in [0, 0.1) is 0 Å². The Morgan fingerprint density at radius 2 is 2.18 bits per heavy atom. The molecule has 1 N–H and O–H groups in total. The average Bonchev–Trinajstić information content (AvgIpc) is 2.66. The van der Waals surface area contributed by atoms with Crippen molar-refractivity contribution in [3.05, 3.63) is 44.2 Å². The summed E-state index contributed by atoms with van der Waals surface area (Å²) >= 11 is 3.35. The highest BCUT2D eigenvalue weighted by molar-refractivity contribution is 9.10. The molecule has 0 unspecified atom stereocenters. The Balaban J connectivity index is 2.54. The molecule has 1 aromatic heterocycles. The van der Waals surface area contributed by atoms with Crippen molar-refractivity contribution in [1.29, 1.82) is 0 Å². The van der Waals surface area contributed by atoms with Gasteiger partial charge >= 0.3 is 5.97 Å². The smallest absolute Gasteiger partial charge is 0.341 e. The van der Waals surface area contributed by atoms with Gasteiger partial charge in [-0.25, -0.2) is 4.79 Å². The SMILES string of the molecule is O=C(O)c1cn2c3c(cc(Br)cc3c1=O)CC2. The van der Waals surface area contributed by atoms with E-state index in [0.717, 1.165) is 28.5 Å². The number of benzene rings is 1. The fraction of sp³-hybridized carbons (Fsp3) is 0.167. The van der Waals surface area contributed by atoms with Crippen molar-refractivity contribution < 1.29 is 9.90 Å². The molecule has 2 heterocycles. The van der Waals surface area contributed by atoms with Crippen molar-refractivity contribution in [2.75, 3.05) is 0 Å². The van der Waals surface area contributed by atoms with Gasteiger partial charge < -0.3 is 9.67 Å². The summed E-state index contributed by atoms with van der Waals surface area (Å²) in [6.45, 7) is 0.725. The minimum absolute atomic E-state index is 0.163. The fourth-order valence-electron chi connectivity index (χ4n) is 2.35. The van der Waals surface area contributed by atoms with Gasteiger partial charge in [-0.1, -0.05) is 15.9 Å². The van der Waals surface area contributed by atoms with E-state index >= 15 is 0 Å². The molecule has 86 valence electrons. The standard InChI is InChI=1S/C12H8BrNO3/c13-7-3-6-1-2-14-5-9(12(16)17)11(15)8(4-7)10(6)14/h3-5H,1-2H2,(H,16,17). The third kappa shape index (κ3) is 1.42. The second-order valence-electron chi connectivity index (χ2n) is 4.08. The minimum atomic E-state index is -1.17. The summed E-state index contributed by atoms with van der Waals surface area (Å²) in [4.78, 5) is 23.0. The molecule has 0 bridgehead atoms. The van der Waals surface area contributed by atoms with Crippen LogP contribution in [0.25, 0.3) is 10.9 Å². The van der Waals surface area contributed by atoms with E-state index in [2.05, 4.69) is 15.9 Å². The van der Waals surface area contributed by atoms with Crippen molar-refractivity contribution in [2.45, 2.75) is 13.0 Å². The number of pyridine rings is 1. The van der Waals surface area contributed by atoms with Gasteiger partial charge in [-0.2, -0.15) is 0 Å². The Labute approximate surface area is 105 Å². The Kier molecular flexibility index (Phi) is 2.13. The van der Waals surface area contributed by atoms with Crippen LogP contribution in [0.5, 0.6) is 0 Å². The maximum absolute atomic E-state index is 12.0. The number of carboxylic acid groups (broad SMARTS) is 1. The molecule has 0 amide bonds. The zero-order chi connectivity index (χ0) is 12.2. The molecular formula is C12H8BrNO3. The third-order valence-electron chi connectivity index (χ3n) is 3.07. The highest BCUT2D eigenvalue weighted by atomic mass is 79.9. The molecule has 4 nitrogen and oxygen atoms in total. The Bertz CT molecular complexity index is 718. The van der Waals surface area contributed by atoms with E-state index in [0.29, 0.717) is 5.39 Å². The molecule has 0 saturated heterocycles. The van der Waals surface area contributed by atoms with E-state index in [4.69, 9.17) is 5.11 Å². The van der Waals surface area contributed by atoms with E-state index in [1.807, 2.05) is 10.6 Å². The molecule has 0 saturated carbocycles. The number of aryl methyl sites for hydroxylation is 2. The van der Waals surface area contributed by atoms with Gasteiger partial charge in [0.05, 0.1) is 5.52 Å². The number of aromatic nitrogens is 1. The second-order valence-corrected chi connectivity index (χ2v) is 5.00. The second kappa shape index (κ2) is 3.43. The Morgan fingerprint density at radius 3 is 2.88 bits per heavy atom. The topological polar surface area (TPSA) is 59.3 Å². The molecule has 2 aromatic rings. The molecule has 0 aliphatic carbocycles. The lowest BCUT2D eigenvalue weighted by Crippen LogP contribution is -2.17. The number of carbonyl (C=O) groups is 1. The van der Waals surface area contributed by atoms with Crippen molar-refractivity contribution in [3.63, 3.8) is 0 Å². The first kappa shape index (κ1) is 10.5. The molecule has 0 atom stereocenters. The van der Waals surface area contributed by atoms with Crippen LogP contribution in [0.2, 0.25) is 0 Å². The molecule has 0 spiro atoms. The zero-order valence-electron chi connectivity index (χ0n) is 8.74. The zero-order valence-corrected chi connectivity index (χ0v) is 10.3. The van der Waals surface area contributed by atoms with Crippen LogP contribution < -0.4 is 5.43 Å². The van der Waals surface area contributed by atoms with E-state index in [1.54, 1.807) is 6.07 Å². The first-order valence-corrected chi connectivity index (χ1v) is 5.96. The summed E-state index contributed by atoms with van der Waals surface area (Å²) in [6, 6.07) is 3.67. The number of halogens is 1. The molecule has 1 aliphatic rings. The number of rotatable bonds is 1. The van der Waals surface area contributed by atoms with Gasteiger partial charge in [-0.3, -0.25) is 4.79 Å². The quantitative estimate of drug-likeness (QED) is 0.875. The summed E-state index contributed by atoms with van der Waals surface area (Å²) in [6.07, 6.45) is 2.27. The lowest BCUT2D eigenvalue weighted by molar-refractivity contribution is 0.0695. The van der Waals surface area contributed by atoms with Gasteiger partial charge in [0.25, 0.3) is 0 Å². The van der Waals surface area contributed by atoms with Gasteiger partial charge in [0.15, 0.2) is 0 Å². The van der Waals surface area contributed by atoms with Crippen molar-refractivity contribution in [3.8, 4) is 0 Å². The first-order chi connectivity index (χ1) is 8.08. The minimum Gasteiger partial charge on any atom is -0.477 e. The normalized spacial score (nSPS) is 13.2. The summed E-state index contributed by atoms with van der Waals surface area (Å²) in [5.41, 5.74) is 1.38. The molecule has 0 radical (unpaired) electrons. The number of hydrogen-bond donors (Lipinski definition) is 1. The van der Waals surface area contributed by atoms with Crippen molar-refractivity contribution in [1.82, 2.24) is 4.57 Å². The molecule has 1 aliphatic heterocycles. The monoisotopic (exact) mass is 293 g/mol. The number of nitrogens with zero attached hydrogens (tertiary/aromatic N) is 1. The lowest BCUT2D eigenvalue weighted by atomic mass is 10.1. The Hall–Kier alpha value is -1.62. The van der Waals surface area contributed by atoms with Crippen LogP contribution >= 0.6 is 15.9 Å². The van der Waals surface area contributed by atoms with Crippen molar-refractivity contribution in [2.24, 2.45) is 0 Å². The van der Waals surface area contributed by atoms with E-state index in [-0.39, 0.29) is 5.56 Å². The van der Waals surface area contributed by atoms with Crippen LogP contribution in [0.3, 0.4) is 0 Å². The van der Waals surface area contributed by atoms with Crippen LogP contribution in [0.4, 0.5) is 0 Å². The van der Waals surface area contributed by atoms with Gasteiger partial charge in [0, 0.05) is 22.6 Å². The number of carboxylic acids is 1. The third-order valence-corrected chi connectivity index (χ3v) is 3.53. The number of aromatic carboxylic acids is 1. The molecule has 17 heavy (non-hydrogen) atoms. The van der Waals surface area contributed by atoms with Gasteiger partial charge in [0.2, 0.25) is 5.43 Å². The van der Waals surface area contributed by atoms with Gasteiger partial charge in [-0.15, -0.1) is 0 Å². The summed E-state index contributed by atoms with van der Waals surface area (Å²) < 4.78 is 2.66. The van der Waals surface area contributed by atoms with E-state index < -0.39 is 11.4 Å². The maximum atomic E-state index is 12.0. The van der Waals surface area contributed by atoms with Gasteiger partial charge in [0.1, 0.15) is 5.56 Å². The largest absolute Gasteiger partial charge is 0.477 e. The van der Waals surface area contributed by atoms with E-state index in [9.17, 15) is 9.59 Å². The van der Waals surface area contributed by atoms with Crippen LogP contribution in [0.1, 0.15) is 15.9 Å². The van der Waals surface area contributed by atoms with Gasteiger partial charge in [-0.05, 0) is 24.1 Å². The molecule has 5 heteroatoms. The Morgan fingerprint density at radius 1 is 1.41 bits per heavy atom. The summed E-state index contributed by atoms with van der Waals surface area (Å²) in [5.74, 6) is -1.17. The van der Waals surface area contributed by atoms with Crippen molar-refractivity contribution >= 4 is 32.8 Å². The summed E-state index contributed by atoms with van der Waals surface area (Å²) in [5, 5.41) is 9.48. The molecular weight excluding hydrogens is 286 g/mol. The average molecular weight is 294 g/mol. The van der Waals surface area contributed by atoms with Crippen LogP contribution in [-0.4, -0.2) is 15.6 Å². The highest BCUT2D eigenvalue weighted by Gasteiger charge is 2.20. The summed E-state index contributed by atoms with van der Waals surface area (Å²) in [7, 11) is 0. The van der Waals surface area contributed by atoms with Crippen LogP contribution in [-0.2, 0) is 13.0 Å². The number of hydrogen-bond acceptors (Lipinski definition) is 2. The molecule has 3 rings (SSSR count). The molecule has 0 fully saturated rings. The lowest BCUT2D eigenvalue weighted by Gasteiger charge is -2.06. The fourth-order valence-corrected chi connectivity index (χ4v) is 2.86. The van der Waals surface area contributed by atoms with Crippen LogP contribution in [0.15, 0.2) is 27.6 Å². The maximum Gasteiger partial charge on any atom is 0.341 e. The highest BCUT2D eigenvalue weighted by Crippen LogP contribution is 2.27. The first-order valence-electron chi connectivity index (χ1n) is 5.17. The predicted octanol–water partition coefficient (Wildman–Crippen LogP) is 2.02. The van der Waals surface area contributed by atoms with E-state index in [1.165, 1.54) is 6.20 Å². The molecule has 1 aromatic carbocycles. The predicted molar refractivity (Wildman–Crippen MR) is 66.6 cm³/mol.